The lowest BCUT2D eigenvalue weighted by Crippen LogP contribution is -2.25. The summed E-state index contributed by atoms with van der Waals surface area (Å²) >= 11 is 0. The molecule has 0 aliphatic rings. The molecule has 0 aromatic heterocycles. The van der Waals surface area contributed by atoms with Crippen LogP contribution in [-0.2, 0) is 21.2 Å². The molecule has 0 bridgehead atoms. The van der Waals surface area contributed by atoms with Crippen LogP contribution in [0.5, 0.6) is 0 Å². The number of rotatable bonds is 18. The smallest absolute Gasteiger partial charge is 0.238 e. The largest absolute Gasteiger partial charge is 0.356 e. The Labute approximate surface area is 207 Å². The minimum atomic E-state index is -3.67. The molecule has 5 nitrogen and oxygen atoms in total. The van der Waals surface area contributed by atoms with E-state index in [1.54, 1.807) is 12.1 Å². The molecule has 0 fully saturated rings. The molecule has 6 heteroatoms. The van der Waals surface area contributed by atoms with Crippen LogP contribution in [0, 0.1) is 0 Å². The van der Waals surface area contributed by atoms with E-state index in [0.717, 1.165) is 37.7 Å². The number of primary sulfonamides is 1. The highest BCUT2D eigenvalue weighted by Crippen LogP contribution is 2.09. The average molecular weight is 487 g/mol. The number of hydrogen-bond donors (Lipinski definition) is 2. The number of amides is 1. The maximum absolute atomic E-state index is 11.9. The Bertz CT molecular complexity index is 898. The third kappa shape index (κ3) is 16.2. The molecule has 1 aromatic rings. The van der Waals surface area contributed by atoms with E-state index in [9.17, 15) is 13.2 Å². The lowest BCUT2D eigenvalue weighted by Gasteiger charge is -2.05. The second kappa shape index (κ2) is 18.9. The van der Waals surface area contributed by atoms with Gasteiger partial charge in [0.1, 0.15) is 0 Å². The zero-order valence-corrected chi connectivity index (χ0v) is 21.4. The van der Waals surface area contributed by atoms with E-state index in [0.29, 0.717) is 19.4 Å². The van der Waals surface area contributed by atoms with Gasteiger partial charge in [0.25, 0.3) is 0 Å². The maximum Gasteiger partial charge on any atom is 0.238 e. The molecular weight excluding hydrogens is 444 g/mol. The molecule has 3 N–H and O–H groups in total. The molecule has 0 aliphatic carbocycles. The summed E-state index contributed by atoms with van der Waals surface area (Å²) in [5.41, 5.74) is 0.953. The Morgan fingerprint density at radius 3 is 1.88 bits per heavy atom. The van der Waals surface area contributed by atoms with E-state index < -0.39 is 10.0 Å². The van der Waals surface area contributed by atoms with Gasteiger partial charge in [0.2, 0.25) is 15.9 Å². The molecule has 34 heavy (non-hydrogen) atoms. The summed E-state index contributed by atoms with van der Waals surface area (Å²) in [6, 6.07) is 6.41. The van der Waals surface area contributed by atoms with Gasteiger partial charge in [0.15, 0.2) is 0 Å². The van der Waals surface area contributed by atoms with Gasteiger partial charge in [0.05, 0.1) is 4.90 Å². The number of allylic oxidation sites excluding steroid dienone is 8. The number of nitrogens with one attached hydrogen (secondary N) is 1. The molecule has 188 valence electrons. The van der Waals surface area contributed by atoms with Crippen LogP contribution in [0.25, 0.3) is 0 Å². The van der Waals surface area contributed by atoms with E-state index in [2.05, 4.69) is 60.8 Å². The molecule has 0 aliphatic heterocycles. The van der Waals surface area contributed by atoms with Crippen LogP contribution in [0.15, 0.2) is 77.8 Å². The van der Waals surface area contributed by atoms with E-state index in [-0.39, 0.29) is 10.8 Å². The molecular formula is C28H42N2O3S. The number of hydrogen-bond acceptors (Lipinski definition) is 3. The Morgan fingerprint density at radius 2 is 1.35 bits per heavy atom. The third-order valence-corrected chi connectivity index (χ3v) is 6.15. The minimum Gasteiger partial charge on any atom is -0.356 e. The van der Waals surface area contributed by atoms with Crippen LogP contribution < -0.4 is 10.5 Å². The zero-order valence-electron chi connectivity index (χ0n) is 20.6. The minimum absolute atomic E-state index is 0.0389. The first-order valence-electron chi connectivity index (χ1n) is 12.4. The lowest BCUT2D eigenvalue weighted by molar-refractivity contribution is -0.121. The summed E-state index contributed by atoms with van der Waals surface area (Å²) in [4.78, 5) is 12.0. The Kier molecular flexibility index (Phi) is 16.5. The second-order valence-corrected chi connectivity index (χ2v) is 9.83. The fourth-order valence-corrected chi connectivity index (χ4v) is 3.74. The number of sulfonamides is 1. The Morgan fingerprint density at radius 1 is 0.824 bits per heavy atom. The first-order chi connectivity index (χ1) is 16.4. The van der Waals surface area contributed by atoms with Crippen LogP contribution in [-0.4, -0.2) is 20.9 Å². The normalized spacial score (nSPS) is 12.5. The Hall–Kier alpha value is -2.44. The summed E-state index contributed by atoms with van der Waals surface area (Å²) in [5, 5.41) is 7.99. The monoisotopic (exact) mass is 486 g/mol. The molecule has 1 rings (SSSR count). The molecule has 0 saturated heterocycles. The van der Waals surface area contributed by atoms with Crippen LogP contribution in [0.1, 0.15) is 76.7 Å². The van der Waals surface area contributed by atoms with Gasteiger partial charge in [0, 0.05) is 13.0 Å². The van der Waals surface area contributed by atoms with Crippen LogP contribution in [0.4, 0.5) is 0 Å². The maximum atomic E-state index is 11.9. The fourth-order valence-electron chi connectivity index (χ4n) is 3.22. The van der Waals surface area contributed by atoms with Gasteiger partial charge >= 0.3 is 0 Å². The highest BCUT2D eigenvalue weighted by molar-refractivity contribution is 7.89. The van der Waals surface area contributed by atoms with Crippen LogP contribution in [0.2, 0.25) is 0 Å². The van der Waals surface area contributed by atoms with Crippen molar-refractivity contribution in [3.8, 4) is 0 Å². The first kappa shape index (κ1) is 29.6. The first-order valence-corrected chi connectivity index (χ1v) is 14.0. The predicted molar refractivity (Wildman–Crippen MR) is 143 cm³/mol. The molecule has 1 amide bonds. The Balaban J connectivity index is 2.02. The molecule has 0 heterocycles. The fraction of sp³-hybridized carbons (Fsp3) is 0.464. The predicted octanol–water partition coefficient (Wildman–Crippen LogP) is 6.14. The lowest BCUT2D eigenvalue weighted by atomic mass is 10.1. The number of carbonyl (C=O) groups is 1. The van der Waals surface area contributed by atoms with Gasteiger partial charge in [-0.3, -0.25) is 4.79 Å². The summed E-state index contributed by atoms with van der Waals surface area (Å²) in [5.74, 6) is 0.0389. The highest BCUT2D eigenvalue weighted by Gasteiger charge is 2.06. The van der Waals surface area contributed by atoms with Crippen molar-refractivity contribution in [2.24, 2.45) is 5.14 Å². The highest BCUT2D eigenvalue weighted by atomic mass is 32.2. The third-order valence-electron chi connectivity index (χ3n) is 5.22. The molecule has 0 spiro atoms. The van der Waals surface area contributed by atoms with E-state index in [4.69, 9.17) is 5.14 Å². The van der Waals surface area contributed by atoms with Crippen molar-refractivity contribution in [1.82, 2.24) is 5.32 Å². The number of nitrogens with two attached hydrogens (primary N) is 1. The van der Waals surface area contributed by atoms with Crippen molar-refractivity contribution < 1.29 is 13.2 Å². The van der Waals surface area contributed by atoms with Gasteiger partial charge in [-0.15, -0.1) is 0 Å². The molecule has 0 unspecified atom stereocenters. The van der Waals surface area contributed by atoms with Crippen molar-refractivity contribution in [2.75, 3.05) is 6.54 Å². The summed E-state index contributed by atoms with van der Waals surface area (Å²) in [6.07, 6.45) is 28.4. The van der Waals surface area contributed by atoms with Gasteiger partial charge in [-0.05, 0) is 69.1 Å². The van der Waals surface area contributed by atoms with Gasteiger partial charge in [-0.2, -0.15) is 0 Å². The second-order valence-electron chi connectivity index (χ2n) is 8.27. The number of carbonyl (C=O) groups excluding carboxylic acids is 1. The van der Waals surface area contributed by atoms with Crippen molar-refractivity contribution in [2.45, 2.75) is 82.4 Å². The topological polar surface area (TPSA) is 89.3 Å². The van der Waals surface area contributed by atoms with Gasteiger partial charge in [-0.25, -0.2) is 13.6 Å². The van der Waals surface area contributed by atoms with Crippen LogP contribution >= 0.6 is 0 Å². The van der Waals surface area contributed by atoms with Crippen molar-refractivity contribution >= 4 is 15.9 Å². The SMILES string of the molecule is CCCCC/C=C\C/C=C\C/C=C\C/C=C\CCCC(=O)NCCc1ccc(S(N)(=O)=O)cc1. The summed E-state index contributed by atoms with van der Waals surface area (Å²) < 4.78 is 22.5. The van der Waals surface area contributed by atoms with Gasteiger partial charge < -0.3 is 5.32 Å². The summed E-state index contributed by atoms with van der Waals surface area (Å²) in [6.45, 7) is 2.76. The van der Waals surface area contributed by atoms with Crippen molar-refractivity contribution in [1.29, 1.82) is 0 Å². The average Bonchev–Trinajstić information content (AvgIpc) is 2.81. The van der Waals surface area contributed by atoms with Crippen molar-refractivity contribution in [3.63, 3.8) is 0 Å². The molecule has 0 saturated carbocycles. The van der Waals surface area contributed by atoms with E-state index in [1.807, 2.05) is 0 Å². The van der Waals surface area contributed by atoms with Gasteiger partial charge in [-0.1, -0.05) is 80.5 Å². The molecule has 0 atom stereocenters. The molecule has 0 radical (unpaired) electrons. The standard InChI is InChI=1S/C28H42N2O3S/c1-2-3-4-5-6-7-8-9-10-11-12-13-14-15-16-17-18-19-28(31)30-25-24-26-20-22-27(23-21-26)34(29,32)33/h6-7,9-10,12-13,15-16,20-23H,2-5,8,11,14,17-19,24-25H2,1H3,(H,30,31)(H2,29,32,33)/b7-6-,10-9-,13-12-,16-15-. The summed E-state index contributed by atoms with van der Waals surface area (Å²) in [7, 11) is -3.67. The quantitative estimate of drug-likeness (QED) is 0.193. The number of unbranched alkanes of at least 4 members (excludes halogenated alkanes) is 4. The van der Waals surface area contributed by atoms with E-state index in [1.165, 1.54) is 37.8 Å². The number of benzene rings is 1. The van der Waals surface area contributed by atoms with Crippen molar-refractivity contribution in [3.05, 3.63) is 78.4 Å². The van der Waals surface area contributed by atoms with Crippen LogP contribution in [0.3, 0.4) is 0 Å². The van der Waals surface area contributed by atoms with E-state index >= 15 is 0 Å². The molecule has 1 aromatic carbocycles. The zero-order chi connectivity index (χ0) is 24.9.